The molecule has 0 aliphatic rings. The van der Waals surface area contributed by atoms with E-state index >= 15 is 0 Å². The zero-order chi connectivity index (χ0) is 12.3. The number of nitrogens with zero attached hydrogens (tertiary/aromatic N) is 1. The van der Waals surface area contributed by atoms with E-state index in [1.54, 1.807) is 18.9 Å². The third-order valence-electron chi connectivity index (χ3n) is 2.54. The molecule has 0 spiro atoms. The number of rotatable bonds is 4. The maximum Gasteiger partial charge on any atom is 0.239 e. The summed E-state index contributed by atoms with van der Waals surface area (Å²) >= 11 is 4.96. The molecule has 4 nitrogen and oxygen atoms in total. The number of anilines is 1. The minimum atomic E-state index is -0.407. The Morgan fingerprint density at radius 1 is 1.38 bits per heavy atom. The summed E-state index contributed by atoms with van der Waals surface area (Å²) in [5.41, 5.74) is 12.4. The summed E-state index contributed by atoms with van der Waals surface area (Å²) in [6.45, 7) is 1.73. The molecule has 1 aromatic carbocycles. The molecule has 0 bridgehead atoms. The fraction of sp³-hybridized carbons (Fsp3) is 0.273. The summed E-state index contributed by atoms with van der Waals surface area (Å²) in [5, 5.41) is 0. The maximum atomic E-state index is 11.1. The van der Waals surface area contributed by atoms with Crippen molar-refractivity contribution in [2.75, 3.05) is 11.9 Å². The highest BCUT2D eigenvalue weighted by Crippen LogP contribution is 2.20. The highest BCUT2D eigenvalue weighted by atomic mass is 32.1. The van der Waals surface area contributed by atoms with Crippen molar-refractivity contribution in [1.82, 2.24) is 0 Å². The Morgan fingerprint density at radius 3 is 2.44 bits per heavy atom. The van der Waals surface area contributed by atoms with Crippen molar-refractivity contribution in [1.29, 1.82) is 0 Å². The summed E-state index contributed by atoms with van der Waals surface area (Å²) in [4.78, 5) is 13.2. The van der Waals surface area contributed by atoms with Crippen LogP contribution in [0.25, 0.3) is 0 Å². The first kappa shape index (κ1) is 12.4. The molecule has 0 fully saturated rings. The van der Waals surface area contributed by atoms with Crippen LogP contribution in [-0.4, -0.2) is 24.0 Å². The van der Waals surface area contributed by atoms with Gasteiger partial charge in [0.15, 0.2) is 0 Å². The number of carbonyl (C=O) groups excluding carboxylic acids is 1. The van der Waals surface area contributed by atoms with Crippen molar-refractivity contribution >= 4 is 28.8 Å². The zero-order valence-corrected chi connectivity index (χ0v) is 10.1. The largest absolute Gasteiger partial charge is 0.389 e. The number of likely N-dealkylation sites (N-methyl/N-ethyl adjacent to an activating group) is 1. The van der Waals surface area contributed by atoms with E-state index in [1.165, 1.54) is 0 Å². The second-order valence-corrected chi connectivity index (χ2v) is 4.01. The molecule has 0 heterocycles. The zero-order valence-electron chi connectivity index (χ0n) is 9.31. The minimum Gasteiger partial charge on any atom is -0.389 e. The Hall–Kier alpha value is -1.62. The lowest BCUT2D eigenvalue weighted by Gasteiger charge is -2.26. The molecule has 86 valence electrons. The third kappa shape index (κ3) is 2.49. The third-order valence-corrected chi connectivity index (χ3v) is 2.76. The van der Waals surface area contributed by atoms with E-state index in [0.717, 1.165) is 11.3 Å². The van der Waals surface area contributed by atoms with Gasteiger partial charge in [-0.1, -0.05) is 24.4 Å². The van der Waals surface area contributed by atoms with E-state index in [0.29, 0.717) is 4.99 Å². The number of para-hydroxylation sites is 1. The number of nitrogens with two attached hydrogens (primary N) is 2. The van der Waals surface area contributed by atoms with Crippen molar-refractivity contribution in [2.24, 2.45) is 11.5 Å². The minimum absolute atomic E-state index is 0.305. The number of amides is 1. The van der Waals surface area contributed by atoms with Crippen molar-refractivity contribution < 1.29 is 4.79 Å². The van der Waals surface area contributed by atoms with Crippen LogP contribution in [0.1, 0.15) is 12.5 Å². The molecule has 4 N–H and O–H groups in total. The summed E-state index contributed by atoms with van der Waals surface area (Å²) in [7, 11) is 1.78. The average molecular weight is 237 g/mol. The summed E-state index contributed by atoms with van der Waals surface area (Å²) in [6.07, 6.45) is 0. The summed E-state index contributed by atoms with van der Waals surface area (Å²) in [6, 6.07) is 6.98. The maximum absolute atomic E-state index is 11.1. The van der Waals surface area contributed by atoms with Crippen molar-refractivity contribution in [3.05, 3.63) is 29.8 Å². The van der Waals surface area contributed by atoms with Gasteiger partial charge in [-0.2, -0.15) is 0 Å². The van der Waals surface area contributed by atoms with Gasteiger partial charge in [-0.05, 0) is 19.1 Å². The van der Waals surface area contributed by atoms with Gasteiger partial charge in [-0.25, -0.2) is 0 Å². The molecule has 0 aromatic heterocycles. The molecule has 1 unspecified atom stereocenters. The lowest BCUT2D eigenvalue weighted by atomic mass is 10.1. The van der Waals surface area contributed by atoms with Crippen LogP contribution in [0.15, 0.2) is 24.3 Å². The molecular formula is C11H15N3OS. The molecular weight excluding hydrogens is 222 g/mol. The molecule has 0 saturated carbocycles. The van der Waals surface area contributed by atoms with Crippen LogP contribution >= 0.6 is 12.2 Å². The van der Waals surface area contributed by atoms with E-state index in [1.807, 2.05) is 24.3 Å². The predicted octanol–water partition coefficient (Wildman–Crippen LogP) is 0.631. The van der Waals surface area contributed by atoms with Crippen LogP contribution in [-0.2, 0) is 4.79 Å². The quantitative estimate of drug-likeness (QED) is 0.753. The standard InChI is InChI=1S/C11H15N3OS/c1-7(10(12)15)14(2)9-6-4-3-5-8(9)11(13)16/h3-7H,1-2H3,(H2,12,15)(H2,13,16). The van der Waals surface area contributed by atoms with Gasteiger partial charge in [0.1, 0.15) is 11.0 Å². The van der Waals surface area contributed by atoms with Gasteiger partial charge in [-0.3, -0.25) is 4.79 Å². The lowest BCUT2D eigenvalue weighted by Crippen LogP contribution is -2.41. The van der Waals surface area contributed by atoms with Gasteiger partial charge in [-0.15, -0.1) is 0 Å². The van der Waals surface area contributed by atoms with Gasteiger partial charge in [0.25, 0.3) is 0 Å². The van der Waals surface area contributed by atoms with Gasteiger partial charge in [0, 0.05) is 18.3 Å². The molecule has 0 saturated heterocycles. The Labute approximate surface area is 100 Å². The highest BCUT2D eigenvalue weighted by molar-refractivity contribution is 7.80. The predicted molar refractivity (Wildman–Crippen MR) is 69.4 cm³/mol. The smallest absolute Gasteiger partial charge is 0.239 e. The fourth-order valence-electron chi connectivity index (χ4n) is 1.39. The molecule has 0 aliphatic heterocycles. The normalized spacial score (nSPS) is 11.9. The summed E-state index contributed by atoms with van der Waals surface area (Å²) < 4.78 is 0. The van der Waals surface area contributed by atoms with Crippen molar-refractivity contribution in [3.8, 4) is 0 Å². The first-order valence-corrected chi connectivity index (χ1v) is 5.27. The first-order valence-electron chi connectivity index (χ1n) is 4.86. The number of carbonyl (C=O) groups is 1. The van der Waals surface area contributed by atoms with Crippen LogP contribution in [0.2, 0.25) is 0 Å². The van der Waals surface area contributed by atoms with Gasteiger partial charge < -0.3 is 16.4 Å². The first-order chi connectivity index (χ1) is 7.45. The van der Waals surface area contributed by atoms with Crippen LogP contribution in [0, 0.1) is 0 Å². The number of thiocarbonyl (C=S) groups is 1. The number of hydrogen-bond acceptors (Lipinski definition) is 3. The second kappa shape index (κ2) is 4.94. The molecule has 5 heteroatoms. The topological polar surface area (TPSA) is 72.4 Å². The van der Waals surface area contributed by atoms with Gasteiger partial charge >= 0.3 is 0 Å². The van der Waals surface area contributed by atoms with E-state index in [4.69, 9.17) is 23.7 Å². The Kier molecular flexibility index (Phi) is 3.84. The van der Waals surface area contributed by atoms with Crippen LogP contribution in [0.4, 0.5) is 5.69 Å². The van der Waals surface area contributed by atoms with Crippen molar-refractivity contribution in [3.63, 3.8) is 0 Å². The van der Waals surface area contributed by atoms with E-state index in [2.05, 4.69) is 0 Å². The number of hydrogen-bond donors (Lipinski definition) is 2. The van der Waals surface area contributed by atoms with Crippen molar-refractivity contribution in [2.45, 2.75) is 13.0 Å². The molecule has 1 amide bonds. The fourth-order valence-corrected chi connectivity index (χ4v) is 1.56. The average Bonchev–Trinajstić information content (AvgIpc) is 2.26. The van der Waals surface area contributed by atoms with Gasteiger partial charge in [0.2, 0.25) is 5.91 Å². The Morgan fingerprint density at radius 2 is 1.94 bits per heavy atom. The van der Waals surface area contributed by atoms with E-state index < -0.39 is 6.04 Å². The molecule has 0 aliphatic carbocycles. The monoisotopic (exact) mass is 237 g/mol. The van der Waals surface area contributed by atoms with E-state index in [-0.39, 0.29) is 5.91 Å². The SMILES string of the molecule is CC(C(N)=O)N(C)c1ccccc1C(N)=S. The molecule has 16 heavy (non-hydrogen) atoms. The second-order valence-electron chi connectivity index (χ2n) is 3.57. The van der Waals surface area contributed by atoms with Crippen LogP contribution < -0.4 is 16.4 Å². The number of primary amides is 1. The molecule has 1 atom stereocenters. The molecule has 1 rings (SSSR count). The number of benzene rings is 1. The molecule has 1 aromatic rings. The van der Waals surface area contributed by atoms with Gasteiger partial charge in [0.05, 0.1) is 0 Å². The molecule has 0 radical (unpaired) electrons. The Balaban J connectivity index is 3.12. The highest BCUT2D eigenvalue weighted by Gasteiger charge is 2.18. The van der Waals surface area contributed by atoms with Crippen LogP contribution in [0.3, 0.4) is 0 Å². The lowest BCUT2D eigenvalue weighted by molar-refractivity contribution is -0.118. The van der Waals surface area contributed by atoms with Crippen LogP contribution in [0.5, 0.6) is 0 Å². The van der Waals surface area contributed by atoms with E-state index in [9.17, 15) is 4.79 Å². The Bertz CT molecular complexity index is 419. The summed E-state index contributed by atoms with van der Waals surface area (Å²) in [5.74, 6) is -0.389.